The van der Waals surface area contributed by atoms with Gasteiger partial charge in [-0.25, -0.2) is 19.9 Å². The smallest absolute Gasteiger partial charge is 0.257 e. The standard InChI is InChI=1S/C34H41N7O2.C29H30BrN5O2/c1-6-22-9-8-10-23(7-2)30(22)37-33(42)27-21-40(4)32-26(27)13-11-24-20-35-34(38-31(24)32)36-28-14-12-25(19-29(28)43-5)41-17-15-39(3)16-18-41;1-5-17-8-7-9-18(6-2)25(17)33-28(36)22-16-35(3)27-21(22)12-10-19-15-31-29(34-26(19)27)32-23-13-11-20(30)14-24(23)37-4/h8-10,12,14,19-21H,6-7,11,13,15-18H2,1-5H3,(H,37,42)(H,35,36,38);7-9,11,13-16H,5-6,10,12H2,1-4H3,(H,33,36)(H,31,32,34). The Morgan fingerprint density at radius 3 is 1.45 bits per heavy atom. The Morgan fingerprint density at radius 1 is 0.575 bits per heavy atom. The van der Waals surface area contributed by atoms with E-state index in [0.717, 1.165) is 183 Å². The summed E-state index contributed by atoms with van der Waals surface area (Å²) < 4.78 is 16.2. The second-order valence-electron chi connectivity index (χ2n) is 20.6. The molecule has 80 heavy (non-hydrogen) atoms. The zero-order valence-electron chi connectivity index (χ0n) is 47.3. The minimum absolute atomic E-state index is 0.0755. The Bertz CT molecular complexity index is 3570. The van der Waals surface area contributed by atoms with Crippen molar-refractivity contribution in [3.63, 3.8) is 0 Å². The average molecular weight is 1140 g/mol. The van der Waals surface area contributed by atoms with Crippen LogP contribution in [0.5, 0.6) is 11.5 Å². The number of likely N-dealkylation sites (N-methyl/N-ethyl adjacent to an activating group) is 1. The SMILES string of the molecule is CCc1cccc(CC)c1NC(=O)c1cn(C)c2c1CCc1cnc(Nc3ccc(Br)cc3OC)nc1-2.CCc1cccc(CC)c1NC(=O)c1cn(C)c2c1CCc1cnc(Nc3ccc(N4CCN(C)CC4)cc3OC)nc1-2. The van der Waals surface area contributed by atoms with Crippen LogP contribution in [-0.2, 0) is 65.5 Å². The number of methoxy groups -OCH3 is 2. The summed E-state index contributed by atoms with van der Waals surface area (Å²) in [7, 11) is 9.43. The molecule has 3 aliphatic rings. The molecule has 5 heterocycles. The normalized spacial score (nSPS) is 13.4. The minimum Gasteiger partial charge on any atom is -0.495 e. The van der Waals surface area contributed by atoms with E-state index in [1.165, 1.54) is 0 Å². The molecule has 1 fully saturated rings. The zero-order valence-corrected chi connectivity index (χ0v) is 48.9. The second-order valence-corrected chi connectivity index (χ2v) is 21.5. The number of aryl methyl sites for hydroxylation is 8. The van der Waals surface area contributed by atoms with E-state index in [1.807, 2.05) is 72.3 Å². The van der Waals surface area contributed by atoms with Crippen LogP contribution in [-0.4, -0.2) is 93.2 Å². The Kier molecular flexibility index (Phi) is 16.7. The lowest BCUT2D eigenvalue weighted by Gasteiger charge is -2.34. The summed E-state index contributed by atoms with van der Waals surface area (Å²) in [5.41, 5.74) is 18.4. The number of aromatic nitrogens is 6. The molecule has 4 N–H and O–H groups in total. The van der Waals surface area contributed by atoms with E-state index in [-0.39, 0.29) is 11.8 Å². The number of fused-ring (bicyclic) bond motifs is 6. The van der Waals surface area contributed by atoms with Gasteiger partial charge in [0.1, 0.15) is 11.5 Å². The molecule has 8 aromatic rings. The van der Waals surface area contributed by atoms with Crippen LogP contribution >= 0.6 is 15.9 Å². The molecule has 0 bridgehead atoms. The third-order valence-electron chi connectivity index (χ3n) is 15.7. The number of piperazine rings is 1. The summed E-state index contributed by atoms with van der Waals surface area (Å²) in [4.78, 5) is 51.0. The van der Waals surface area contributed by atoms with E-state index in [9.17, 15) is 9.59 Å². The first kappa shape index (κ1) is 55.3. The highest BCUT2D eigenvalue weighted by Gasteiger charge is 2.30. The molecule has 2 amide bonds. The van der Waals surface area contributed by atoms with Crippen molar-refractivity contribution in [3.8, 4) is 34.3 Å². The third kappa shape index (κ3) is 11.3. The minimum atomic E-state index is -0.0806. The maximum Gasteiger partial charge on any atom is 0.257 e. The van der Waals surface area contributed by atoms with E-state index in [0.29, 0.717) is 28.8 Å². The Hall–Kier alpha value is -8.02. The molecule has 1 saturated heterocycles. The van der Waals surface area contributed by atoms with Gasteiger partial charge < -0.3 is 49.7 Å². The molecule has 0 spiro atoms. The van der Waals surface area contributed by atoms with E-state index >= 15 is 0 Å². The molecule has 4 aromatic heterocycles. The van der Waals surface area contributed by atoms with Gasteiger partial charge in [-0.05, 0) is 133 Å². The fourth-order valence-corrected chi connectivity index (χ4v) is 11.7. The number of nitrogens with one attached hydrogen (secondary N) is 4. The second kappa shape index (κ2) is 24.1. The number of hydrogen-bond donors (Lipinski definition) is 4. The van der Waals surface area contributed by atoms with Crippen molar-refractivity contribution in [3.05, 3.63) is 158 Å². The van der Waals surface area contributed by atoms with E-state index in [1.54, 1.807) is 14.2 Å². The third-order valence-corrected chi connectivity index (χ3v) is 16.2. The van der Waals surface area contributed by atoms with E-state index < -0.39 is 0 Å². The van der Waals surface area contributed by atoms with Crippen LogP contribution in [0, 0.1) is 0 Å². The Morgan fingerprint density at radius 2 is 1.01 bits per heavy atom. The fraction of sp³-hybridized carbons (Fsp3) is 0.333. The molecular weight excluding hydrogens is 1070 g/mol. The Labute approximate surface area is 477 Å². The first-order valence-corrected chi connectivity index (χ1v) is 28.5. The van der Waals surface area contributed by atoms with Crippen molar-refractivity contribution in [1.29, 1.82) is 0 Å². The molecule has 0 radical (unpaired) electrons. The highest BCUT2D eigenvalue weighted by atomic mass is 79.9. The number of nitrogens with zero attached hydrogens (tertiary/aromatic N) is 8. The van der Waals surface area contributed by atoms with Gasteiger partial charge >= 0.3 is 0 Å². The molecule has 414 valence electrons. The van der Waals surface area contributed by atoms with Gasteiger partial charge in [-0.15, -0.1) is 0 Å². The van der Waals surface area contributed by atoms with Crippen molar-refractivity contribution < 1.29 is 19.1 Å². The largest absolute Gasteiger partial charge is 0.495 e. The summed E-state index contributed by atoms with van der Waals surface area (Å²) in [6.07, 6.45) is 14.2. The average Bonchev–Trinajstić information content (AvgIpc) is 4.03. The number of hydrogen-bond acceptors (Lipinski definition) is 12. The van der Waals surface area contributed by atoms with E-state index in [2.05, 4.69) is 140 Å². The molecule has 11 rings (SSSR count). The predicted octanol–water partition coefficient (Wildman–Crippen LogP) is 11.9. The van der Waals surface area contributed by atoms with Gasteiger partial charge in [-0.1, -0.05) is 80.0 Å². The highest BCUT2D eigenvalue weighted by Crippen LogP contribution is 2.40. The lowest BCUT2D eigenvalue weighted by Crippen LogP contribution is -2.44. The number of benzene rings is 4. The summed E-state index contributed by atoms with van der Waals surface area (Å²) in [6, 6.07) is 24.4. The maximum atomic E-state index is 13.7. The lowest BCUT2D eigenvalue weighted by molar-refractivity contribution is 0.101. The number of anilines is 7. The van der Waals surface area contributed by atoms with Crippen molar-refractivity contribution in [2.75, 3.05) is 73.6 Å². The number of para-hydroxylation sites is 2. The van der Waals surface area contributed by atoms with Crippen molar-refractivity contribution in [1.82, 2.24) is 34.0 Å². The van der Waals surface area contributed by atoms with Gasteiger partial charge in [0.05, 0.1) is 59.5 Å². The number of carbonyl (C=O) groups is 2. The predicted molar refractivity (Wildman–Crippen MR) is 324 cm³/mol. The van der Waals surface area contributed by atoms with Gasteiger partial charge in [0.2, 0.25) is 11.9 Å². The van der Waals surface area contributed by atoms with Crippen LogP contribution in [0.15, 0.2) is 102 Å². The summed E-state index contributed by atoms with van der Waals surface area (Å²) in [6.45, 7) is 12.5. The topological polar surface area (TPSA) is 169 Å². The van der Waals surface area contributed by atoms with Gasteiger partial charge in [0.15, 0.2) is 0 Å². The summed E-state index contributed by atoms with van der Waals surface area (Å²) in [5, 5.41) is 13.2. The number of amides is 2. The van der Waals surface area contributed by atoms with Crippen LogP contribution < -0.4 is 35.6 Å². The molecule has 0 atom stereocenters. The van der Waals surface area contributed by atoms with Crippen LogP contribution in [0.25, 0.3) is 22.8 Å². The highest BCUT2D eigenvalue weighted by molar-refractivity contribution is 9.10. The van der Waals surface area contributed by atoms with Gasteiger partial charge in [0.25, 0.3) is 11.8 Å². The van der Waals surface area contributed by atoms with E-state index in [4.69, 9.17) is 19.4 Å². The number of rotatable bonds is 15. The monoisotopic (exact) mass is 1140 g/mol. The van der Waals surface area contributed by atoms with Crippen LogP contribution in [0.1, 0.15) is 92.9 Å². The summed E-state index contributed by atoms with van der Waals surface area (Å²) >= 11 is 3.47. The van der Waals surface area contributed by atoms with Gasteiger partial charge in [0, 0.05) is 92.7 Å². The number of halogens is 1. The first-order chi connectivity index (χ1) is 38.8. The molecule has 17 heteroatoms. The fourth-order valence-electron chi connectivity index (χ4n) is 11.3. The summed E-state index contributed by atoms with van der Waals surface area (Å²) in [5.74, 6) is 2.25. The van der Waals surface area contributed by atoms with Crippen LogP contribution in [0.4, 0.5) is 40.3 Å². The molecule has 2 aliphatic carbocycles. The zero-order chi connectivity index (χ0) is 56.2. The van der Waals surface area contributed by atoms with Crippen LogP contribution in [0.3, 0.4) is 0 Å². The first-order valence-electron chi connectivity index (χ1n) is 27.7. The molecule has 0 saturated carbocycles. The number of ether oxygens (including phenoxy) is 2. The van der Waals surface area contributed by atoms with Gasteiger partial charge in [-0.3, -0.25) is 9.59 Å². The van der Waals surface area contributed by atoms with Gasteiger partial charge in [-0.2, -0.15) is 0 Å². The Balaban J connectivity index is 0.000000182. The molecular formula is C63H71BrN12O4. The molecule has 0 unspecified atom stereocenters. The van der Waals surface area contributed by atoms with Crippen molar-refractivity contribution in [2.45, 2.75) is 79.1 Å². The molecule has 1 aliphatic heterocycles. The molecule has 16 nitrogen and oxygen atoms in total. The van der Waals surface area contributed by atoms with Crippen LogP contribution in [0.2, 0.25) is 0 Å². The molecule has 4 aromatic carbocycles. The van der Waals surface area contributed by atoms with Crippen molar-refractivity contribution in [2.24, 2.45) is 14.1 Å². The number of carbonyl (C=O) groups excluding carboxylic acids is 2. The van der Waals surface area contributed by atoms with Crippen molar-refractivity contribution >= 4 is 68.1 Å². The lowest BCUT2D eigenvalue weighted by atomic mass is 9.92. The quantitative estimate of drug-likeness (QED) is 0.0768. The maximum absolute atomic E-state index is 13.7.